The number of amides is 2. The molecule has 37 heavy (non-hydrogen) atoms. The second-order valence-corrected chi connectivity index (χ2v) is 11.4. The average Bonchev–Trinajstić information content (AvgIpc) is 2.87. The number of benzene rings is 1. The molecule has 3 rings (SSSR count). The molecule has 0 unspecified atom stereocenters. The number of nitrogens with one attached hydrogen (secondary N) is 1. The molecule has 1 aromatic carbocycles. The number of hydrogen-bond acceptors (Lipinski definition) is 6. The Morgan fingerprint density at radius 3 is 1.95 bits per heavy atom. The van der Waals surface area contributed by atoms with E-state index in [1.165, 1.54) is 12.1 Å². The van der Waals surface area contributed by atoms with Crippen LogP contribution >= 0.6 is 0 Å². The Balaban J connectivity index is 1.45. The maximum atomic E-state index is 12.8. The van der Waals surface area contributed by atoms with Gasteiger partial charge in [0.2, 0.25) is 21.8 Å². The second kappa shape index (κ2) is 12.4. The Bertz CT molecular complexity index is 1090. The average molecular weight is 537 g/mol. The molecule has 2 fully saturated rings. The van der Waals surface area contributed by atoms with Crippen molar-refractivity contribution in [3.8, 4) is 0 Å². The number of aliphatic imine (C=N–C) groups is 1. The van der Waals surface area contributed by atoms with Crippen LogP contribution in [-0.4, -0.2) is 85.8 Å². The maximum absolute atomic E-state index is 12.8. The fourth-order valence-corrected chi connectivity index (χ4v) is 6.16. The van der Waals surface area contributed by atoms with Crippen LogP contribution in [0.3, 0.4) is 0 Å². The number of guanidine groups is 1. The van der Waals surface area contributed by atoms with E-state index in [1.54, 1.807) is 23.1 Å². The SMILES string of the molecule is NC(N)=NCCC(=O)N1CCC2(CC1)CCN(C(=O)CC[C@H](NS(=O)(=O)c1ccccc1)C(=O)O)CC2. The summed E-state index contributed by atoms with van der Waals surface area (Å²) in [6, 6.07) is 6.11. The smallest absolute Gasteiger partial charge is 0.321 e. The van der Waals surface area contributed by atoms with Gasteiger partial charge in [0.1, 0.15) is 6.04 Å². The summed E-state index contributed by atoms with van der Waals surface area (Å²) in [6.45, 7) is 2.72. The number of likely N-dealkylation sites (tertiary alicyclic amines) is 2. The number of piperidine rings is 2. The van der Waals surface area contributed by atoms with Crippen LogP contribution in [0.2, 0.25) is 0 Å². The van der Waals surface area contributed by atoms with Gasteiger partial charge < -0.3 is 26.4 Å². The summed E-state index contributed by atoms with van der Waals surface area (Å²) >= 11 is 0. The highest BCUT2D eigenvalue weighted by atomic mass is 32.2. The number of aliphatic carboxylic acids is 1. The van der Waals surface area contributed by atoms with Gasteiger partial charge in [-0.2, -0.15) is 4.72 Å². The van der Waals surface area contributed by atoms with Crippen molar-refractivity contribution >= 4 is 33.8 Å². The van der Waals surface area contributed by atoms with Crippen LogP contribution in [0, 0.1) is 5.41 Å². The van der Waals surface area contributed by atoms with Crippen molar-refractivity contribution in [1.29, 1.82) is 0 Å². The van der Waals surface area contributed by atoms with Gasteiger partial charge in [0, 0.05) is 39.0 Å². The van der Waals surface area contributed by atoms with Crippen LogP contribution in [0.15, 0.2) is 40.2 Å². The molecule has 12 nitrogen and oxygen atoms in total. The summed E-state index contributed by atoms with van der Waals surface area (Å²) in [6.07, 6.45) is 3.43. The molecule has 2 saturated heterocycles. The minimum absolute atomic E-state index is 0.0290. The number of carboxylic acids is 1. The van der Waals surface area contributed by atoms with E-state index in [4.69, 9.17) is 11.5 Å². The largest absolute Gasteiger partial charge is 0.480 e. The highest BCUT2D eigenvalue weighted by Gasteiger charge is 2.39. The molecule has 0 saturated carbocycles. The molecule has 1 atom stereocenters. The summed E-state index contributed by atoms with van der Waals surface area (Å²) in [5, 5.41) is 9.51. The zero-order valence-electron chi connectivity index (χ0n) is 20.8. The fourth-order valence-electron chi connectivity index (χ4n) is 4.91. The topological polar surface area (TPSA) is 188 Å². The van der Waals surface area contributed by atoms with Crippen molar-refractivity contribution in [2.24, 2.45) is 21.9 Å². The molecular formula is C24H36N6O6S. The van der Waals surface area contributed by atoms with Gasteiger partial charge in [0.15, 0.2) is 5.96 Å². The molecule has 13 heteroatoms. The minimum Gasteiger partial charge on any atom is -0.480 e. The molecule has 0 aliphatic carbocycles. The van der Waals surface area contributed by atoms with Crippen LogP contribution < -0.4 is 16.2 Å². The second-order valence-electron chi connectivity index (χ2n) is 9.68. The summed E-state index contributed by atoms with van der Waals surface area (Å²) in [5.74, 6) is -1.51. The zero-order valence-corrected chi connectivity index (χ0v) is 21.7. The number of sulfonamides is 1. The third kappa shape index (κ3) is 7.89. The first-order chi connectivity index (χ1) is 17.5. The van der Waals surface area contributed by atoms with Gasteiger partial charge in [-0.25, -0.2) is 8.42 Å². The Kier molecular flexibility index (Phi) is 9.49. The van der Waals surface area contributed by atoms with Crippen molar-refractivity contribution < 1.29 is 27.9 Å². The Hall–Kier alpha value is -3.19. The lowest BCUT2D eigenvalue weighted by Crippen LogP contribution is -2.49. The predicted molar refractivity (Wildman–Crippen MR) is 137 cm³/mol. The number of rotatable bonds is 10. The Morgan fingerprint density at radius 1 is 0.946 bits per heavy atom. The first-order valence-electron chi connectivity index (χ1n) is 12.4. The van der Waals surface area contributed by atoms with E-state index >= 15 is 0 Å². The van der Waals surface area contributed by atoms with Crippen molar-refractivity contribution in [2.45, 2.75) is 55.9 Å². The van der Waals surface area contributed by atoms with Gasteiger partial charge in [-0.1, -0.05) is 18.2 Å². The van der Waals surface area contributed by atoms with Gasteiger partial charge >= 0.3 is 5.97 Å². The summed E-state index contributed by atoms with van der Waals surface area (Å²) in [5.41, 5.74) is 10.7. The van der Waals surface area contributed by atoms with Gasteiger partial charge in [0.25, 0.3) is 0 Å². The van der Waals surface area contributed by atoms with Crippen LogP contribution in [0.4, 0.5) is 0 Å². The molecule has 6 N–H and O–H groups in total. The van der Waals surface area contributed by atoms with Gasteiger partial charge in [-0.3, -0.25) is 19.4 Å². The number of nitrogens with zero attached hydrogens (tertiary/aromatic N) is 3. The van der Waals surface area contributed by atoms with E-state index < -0.39 is 22.0 Å². The molecule has 1 aromatic rings. The van der Waals surface area contributed by atoms with Crippen molar-refractivity contribution in [3.05, 3.63) is 30.3 Å². The van der Waals surface area contributed by atoms with Gasteiger partial charge in [0.05, 0.1) is 11.4 Å². The monoisotopic (exact) mass is 536 g/mol. The van der Waals surface area contributed by atoms with E-state index in [2.05, 4.69) is 9.71 Å². The number of carbonyl (C=O) groups excluding carboxylic acids is 2. The van der Waals surface area contributed by atoms with E-state index in [-0.39, 0.29) is 53.9 Å². The fraction of sp³-hybridized carbons (Fsp3) is 0.583. The maximum Gasteiger partial charge on any atom is 0.321 e. The van der Waals surface area contributed by atoms with Gasteiger partial charge in [-0.15, -0.1) is 0 Å². The summed E-state index contributed by atoms with van der Waals surface area (Å²) < 4.78 is 27.2. The van der Waals surface area contributed by atoms with E-state index in [0.29, 0.717) is 26.2 Å². The van der Waals surface area contributed by atoms with E-state index in [0.717, 1.165) is 25.7 Å². The molecular weight excluding hydrogens is 500 g/mol. The van der Waals surface area contributed by atoms with Gasteiger partial charge in [-0.05, 0) is 49.7 Å². The summed E-state index contributed by atoms with van der Waals surface area (Å²) in [7, 11) is -4.02. The highest BCUT2D eigenvalue weighted by molar-refractivity contribution is 7.89. The normalized spacial score (nSPS) is 18.3. The summed E-state index contributed by atoms with van der Waals surface area (Å²) in [4.78, 5) is 44.2. The van der Waals surface area contributed by atoms with Crippen LogP contribution in [0.25, 0.3) is 0 Å². The quantitative estimate of drug-likeness (QED) is 0.239. The Labute approximate surface area is 217 Å². The molecule has 1 spiro atoms. The predicted octanol–water partition coefficient (Wildman–Crippen LogP) is 0.0930. The zero-order chi connectivity index (χ0) is 27.1. The number of nitrogens with two attached hydrogens (primary N) is 2. The number of carboxylic acid groups (broad SMARTS) is 1. The molecule has 0 aromatic heterocycles. The lowest BCUT2D eigenvalue weighted by molar-refractivity contribution is -0.139. The van der Waals surface area contributed by atoms with Crippen LogP contribution in [0.5, 0.6) is 0 Å². The van der Waals surface area contributed by atoms with Crippen molar-refractivity contribution in [2.75, 3.05) is 32.7 Å². The van der Waals surface area contributed by atoms with Crippen LogP contribution in [-0.2, 0) is 24.4 Å². The van der Waals surface area contributed by atoms with E-state index in [9.17, 15) is 27.9 Å². The number of hydrogen-bond donors (Lipinski definition) is 4. The minimum atomic E-state index is -4.02. The Morgan fingerprint density at radius 2 is 1.46 bits per heavy atom. The molecule has 204 valence electrons. The van der Waals surface area contributed by atoms with Crippen molar-refractivity contribution in [3.63, 3.8) is 0 Å². The number of carbonyl (C=O) groups is 3. The first-order valence-corrected chi connectivity index (χ1v) is 13.9. The van der Waals surface area contributed by atoms with Crippen LogP contribution in [0.1, 0.15) is 44.9 Å². The molecule has 2 heterocycles. The lowest BCUT2D eigenvalue weighted by Gasteiger charge is -2.47. The molecule has 2 aliphatic rings. The molecule has 0 bridgehead atoms. The third-order valence-electron chi connectivity index (χ3n) is 7.27. The highest BCUT2D eigenvalue weighted by Crippen LogP contribution is 2.41. The third-order valence-corrected chi connectivity index (χ3v) is 8.76. The lowest BCUT2D eigenvalue weighted by atomic mass is 9.71. The molecule has 2 aliphatic heterocycles. The standard InChI is InChI=1S/C24H36N6O6S/c25-23(26)27-13-8-21(32)30-16-11-24(12-17-30)9-14-29(15-10-24)20(31)7-6-19(22(33)34)28-37(35,36)18-4-2-1-3-5-18/h1-5,19,28H,6-17H2,(H,33,34)(H4,25,26,27)/t19-/m0/s1. The first kappa shape index (κ1) is 28.4. The molecule has 0 radical (unpaired) electrons. The van der Waals surface area contributed by atoms with E-state index in [1.807, 2.05) is 4.90 Å². The molecule has 2 amide bonds. The van der Waals surface area contributed by atoms with Crippen molar-refractivity contribution in [1.82, 2.24) is 14.5 Å².